The predicted molar refractivity (Wildman–Crippen MR) is 89.1 cm³/mol. The Hall–Kier alpha value is -1.03. The van der Waals surface area contributed by atoms with Crippen LogP contribution in [0.1, 0.15) is 11.1 Å². The summed E-state index contributed by atoms with van der Waals surface area (Å²) >= 11 is 15.6. The summed E-state index contributed by atoms with van der Waals surface area (Å²) in [5.41, 5.74) is 1.65. The molecule has 0 saturated carbocycles. The number of hydrogen-bond donors (Lipinski definition) is 1. The molecule has 1 unspecified atom stereocenters. The number of hydrogen-bond acceptors (Lipinski definition) is 1. The van der Waals surface area contributed by atoms with E-state index < -0.39 is 11.9 Å². The van der Waals surface area contributed by atoms with Crippen LogP contribution in [0, 0.1) is 5.92 Å². The lowest BCUT2D eigenvalue weighted by Crippen LogP contribution is -2.19. The summed E-state index contributed by atoms with van der Waals surface area (Å²) < 4.78 is 0.870. The highest BCUT2D eigenvalue weighted by Gasteiger charge is 2.21. The van der Waals surface area contributed by atoms with Gasteiger partial charge in [0.25, 0.3) is 0 Å². The fourth-order valence-corrected chi connectivity index (χ4v) is 3.09. The fraction of sp³-hybridized carbons (Fsp3) is 0.188. The van der Waals surface area contributed by atoms with E-state index in [1.54, 1.807) is 12.1 Å². The van der Waals surface area contributed by atoms with Gasteiger partial charge in [0.1, 0.15) is 0 Å². The number of aliphatic carboxylic acids is 1. The van der Waals surface area contributed by atoms with Crippen LogP contribution in [0.15, 0.2) is 46.9 Å². The minimum absolute atomic E-state index is 0.368. The molecule has 110 valence electrons. The maximum Gasteiger partial charge on any atom is 0.307 e. The first kappa shape index (κ1) is 16.3. The van der Waals surface area contributed by atoms with Crippen LogP contribution in [-0.2, 0) is 17.6 Å². The third-order valence-electron chi connectivity index (χ3n) is 3.25. The molecule has 0 heterocycles. The van der Waals surface area contributed by atoms with E-state index in [2.05, 4.69) is 15.9 Å². The minimum Gasteiger partial charge on any atom is -0.481 e. The van der Waals surface area contributed by atoms with Crippen LogP contribution in [0.3, 0.4) is 0 Å². The zero-order valence-electron chi connectivity index (χ0n) is 11.0. The largest absolute Gasteiger partial charge is 0.481 e. The molecule has 0 radical (unpaired) electrons. The van der Waals surface area contributed by atoms with Gasteiger partial charge in [-0.15, -0.1) is 0 Å². The van der Waals surface area contributed by atoms with Crippen LogP contribution in [0.4, 0.5) is 0 Å². The van der Waals surface area contributed by atoms with E-state index in [-0.39, 0.29) is 0 Å². The zero-order chi connectivity index (χ0) is 15.4. The van der Waals surface area contributed by atoms with Gasteiger partial charge in [0.15, 0.2) is 0 Å². The van der Waals surface area contributed by atoms with Crippen LogP contribution in [0.25, 0.3) is 0 Å². The number of benzene rings is 2. The Morgan fingerprint density at radius 3 is 2.24 bits per heavy atom. The second-order valence-corrected chi connectivity index (χ2v) is 6.50. The Bertz CT molecular complexity index is 658. The molecule has 1 N–H and O–H groups in total. The van der Waals surface area contributed by atoms with Crippen molar-refractivity contribution >= 4 is 45.1 Å². The SMILES string of the molecule is O=C(O)C(Cc1ccccc1Cl)Cc1ccc(Br)cc1Cl. The van der Waals surface area contributed by atoms with Gasteiger partial charge in [-0.2, -0.15) is 0 Å². The Balaban J connectivity index is 2.20. The van der Waals surface area contributed by atoms with Crippen LogP contribution in [0.2, 0.25) is 10.0 Å². The zero-order valence-corrected chi connectivity index (χ0v) is 14.1. The Morgan fingerprint density at radius 1 is 1.05 bits per heavy atom. The number of halogens is 3. The molecule has 0 spiro atoms. The average Bonchev–Trinajstić information content (AvgIpc) is 2.42. The van der Waals surface area contributed by atoms with Crippen molar-refractivity contribution in [3.05, 3.63) is 68.1 Å². The smallest absolute Gasteiger partial charge is 0.307 e. The summed E-state index contributed by atoms with van der Waals surface area (Å²) in [7, 11) is 0. The molecule has 0 saturated heterocycles. The van der Waals surface area contributed by atoms with E-state index in [0.717, 1.165) is 15.6 Å². The van der Waals surface area contributed by atoms with Gasteiger partial charge >= 0.3 is 5.97 Å². The molecule has 5 heteroatoms. The quantitative estimate of drug-likeness (QED) is 0.761. The van der Waals surface area contributed by atoms with Crippen molar-refractivity contribution in [1.29, 1.82) is 0 Å². The Morgan fingerprint density at radius 2 is 1.67 bits per heavy atom. The van der Waals surface area contributed by atoms with Gasteiger partial charge in [-0.25, -0.2) is 0 Å². The molecular weight excluding hydrogens is 375 g/mol. The van der Waals surface area contributed by atoms with Crippen molar-refractivity contribution in [1.82, 2.24) is 0 Å². The topological polar surface area (TPSA) is 37.3 Å². The van der Waals surface area contributed by atoms with Gasteiger partial charge in [-0.3, -0.25) is 4.79 Å². The van der Waals surface area contributed by atoms with Crippen molar-refractivity contribution in [3.8, 4) is 0 Å². The summed E-state index contributed by atoms with van der Waals surface area (Å²) in [6, 6.07) is 12.8. The first-order chi connectivity index (χ1) is 9.97. The van der Waals surface area contributed by atoms with E-state index in [0.29, 0.717) is 22.9 Å². The maximum atomic E-state index is 11.5. The molecule has 0 bridgehead atoms. The van der Waals surface area contributed by atoms with Crippen LogP contribution >= 0.6 is 39.1 Å². The first-order valence-electron chi connectivity index (χ1n) is 6.37. The third kappa shape index (κ3) is 4.47. The molecule has 0 fully saturated rings. The summed E-state index contributed by atoms with van der Waals surface area (Å²) in [6.45, 7) is 0. The number of carboxylic acid groups (broad SMARTS) is 1. The summed E-state index contributed by atoms with van der Waals surface area (Å²) in [4.78, 5) is 11.5. The molecule has 0 aliphatic heterocycles. The molecule has 1 atom stereocenters. The van der Waals surface area contributed by atoms with Crippen LogP contribution < -0.4 is 0 Å². The highest BCUT2D eigenvalue weighted by Crippen LogP contribution is 2.26. The molecule has 0 aliphatic rings. The Kier molecular flexibility index (Phi) is 5.68. The lowest BCUT2D eigenvalue weighted by molar-refractivity contribution is -0.141. The lowest BCUT2D eigenvalue weighted by atomic mass is 9.92. The van der Waals surface area contributed by atoms with Crippen molar-refractivity contribution in [3.63, 3.8) is 0 Å². The van der Waals surface area contributed by atoms with E-state index in [9.17, 15) is 9.90 Å². The molecular formula is C16H13BrCl2O2. The van der Waals surface area contributed by atoms with Crippen molar-refractivity contribution in [2.75, 3.05) is 0 Å². The molecule has 2 aromatic carbocycles. The first-order valence-corrected chi connectivity index (χ1v) is 7.92. The molecule has 2 rings (SSSR count). The monoisotopic (exact) mass is 386 g/mol. The highest BCUT2D eigenvalue weighted by atomic mass is 79.9. The minimum atomic E-state index is -0.853. The lowest BCUT2D eigenvalue weighted by Gasteiger charge is -2.14. The van der Waals surface area contributed by atoms with Gasteiger partial charge < -0.3 is 5.11 Å². The van der Waals surface area contributed by atoms with Gasteiger partial charge in [-0.1, -0.05) is 63.4 Å². The van der Waals surface area contributed by atoms with Crippen molar-refractivity contribution < 1.29 is 9.90 Å². The maximum absolute atomic E-state index is 11.5. The van der Waals surface area contributed by atoms with Crippen molar-refractivity contribution in [2.24, 2.45) is 5.92 Å². The van der Waals surface area contributed by atoms with Gasteiger partial charge in [0.05, 0.1) is 5.92 Å². The molecule has 2 aromatic rings. The van der Waals surface area contributed by atoms with E-state index in [1.165, 1.54) is 0 Å². The van der Waals surface area contributed by atoms with Crippen LogP contribution in [0.5, 0.6) is 0 Å². The third-order valence-corrected chi connectivity index (χ3v) is 4.47. The fourth-order valence-electron chi connectivity index (χ4n) is 2.13. The standard InChI is InChI=1S/C16H13BrCl2O2/c17-13-6-5-11(15(19)9-13)8-12(16(20)21)7-10-3-1-2-4-14(10)18/h1-6,9,12H,7-8H2,(H,20,21). The summed E-state index contributed by atoms with van der Waals surface area (Å²) in [6.07, 6.45) is 0.744. The van der Waals surface area contributed by atoms with Crippen molar-refractivity contribution in [2.45, 2.75) is 12.8 Å². The molecule has 21 heavy (non-hydrogen) atoms. The van der Waals surface area contributed by atoms with Crippen LogP contribution in [-0.4, -0.2) is 11.1 Å². The summed E-state index contributed by atoms with van der Waals surface area (Å²) in [5.74, 6) is -1.42. The van der Waals surface area contributed by atoms with Gasteiger partial charge in [0, 0.05) is 14.5 Å². The number of carboxylic acids is 1. The molecule has 2 nitrogen and oxygen atoms in total. The molecule has 0 amide bonds. The van der Waals surface area contributed by atoms with E-state index >= 15 is 0 Å². The van der Waals surface area contributed by atoms with E-state index in [1.807, 2.05) is 30.3 Å². The normalized spacial score (nSPS) is 12.1. The van der Waals surface area contributed by atoms with Gasteiger partial charge in [-0.05, 0) is 42.2 Å². The number of rotatable bonds is 5. The number of carbonyl (C=O) groups is 1. The summed E-state index contributed by atoms with van der Waals surface area (Å²) in [5, 5.41) is 10.6. The highest BCUT2D eigenvalue weighted by molar-refractivity contribution is 9.10. The van der Waals surface area contributed by atoms with E-state index in [4.69, 9.17) is 23.2 Å². The average molecular weight is 388 g/mol. The second-order valence-electron chi connectivity index (χ2n) is 4.77. The van der Waals surface area contributed by atoms with Gasteiger partial charge in [0.2, 0.25) is 0 Å². The molecule has 0 aliphatic carbocycles. The Labute approximate surface area is 141 Å². The second kappa shape index (κ2) is 7.30. The molecule has 0 aromatic heterocycles. The predicted octanol–water partition coefficient (Wildman–Crippen LogP) is 5.24.